The first-order valence-corrected chi connectivity index (χ1v) is 5.46. The molecule has 1 aromatic carbocycles. The summed E-state index contributed by atoms with van der Waals surface area (Å²) in [6, 6.07) is 5.38. The summed E-state index contributed by atoms with van der Waals surface area (Å²) in [6.45, 7) is 2.55. The fourth-order valence-electron chi connectivity index (χ4n) is 0.941. The molecule has 0 aromatic heterocycles. The number of ether oxygens (including phenoxy) is 1. The number of benzene rings is 1. The van der Waals surface area contributed by atoms with E-state index in [4.69, 9.17) is 14.6 Å². The summed E-state index contributed by atoms with van der Waals surface area (Å²) < 4.78 is 5.93. The molecule has 1 rings (SSSR count). The normalized spacial score (nSPS) is 8.71. The van der Waals surface area contributed by atoms with E-state index in [1.807, 2.05) is 6.07 Å². The highest BCUT2D eigenvalue weighted by Crippen LogP contribution is 2.27. The number of halogens is 1. The molecule has 0 unspecified atom stereocenters. The zero-order valence-electron chi connectivity index (χ0n) is 9.78. The Hall–Kier alpha value is -1.56. The quantitative estimate of drug-likeness (QED) is 0.880. The SMILES string of the molecule is CC(=O)O.COc1cc(NC(C)=O)ccc1Br. The number of hydrogen-bond acceptors (Lipinski definition) is 3. The molecule has 0 saturated heterocycles. The van der Waals surface area contributed by atoms with Crippen LogP contribution in [-0.2, 0) is 9.59 Å². The van der Waals surface area contributed by atoms with Crippen LogP contribution >= 0.6 is 15.9 Å². The van der Waals surface area contributed by atoms with Gasteiger partial charge in [0.1, 0.15) is 5.75 Å². The van der Waals surface area contributed by atoms with Gasteiger partial charge in [-0.15, -0.1) is 0 Å². The molecular formula is C11H14BrNO4. The van der Waals surface area contributed by atoms with Gasteiger partial charge in [-0.1, -0.05) is 0 Å². The van der Waals surface area contributed by atoms with Crippen LogP contribution in [0.1, 0.15) is 13.8 Å². The number of nitrogens with one attached hydrogen (secondary N) is 1. The molecule has 0 aliphatic rings. The standard InChI is InChI=1S/C9H10BrNO2.C2H4O2/c1-6(12)11-7-3-4-8(10)9(5-7)13-2;1-2(3)4/h3-5H,1-2H3,(H,11,12);1H3,(H,3,4). The fraction of sp³-hybridized carbons (Fsp3) is 0.273. The molecule has 94 valence electrons. The minimum absolute atomic E-state index is 0.0932. The number of carbonyl (C=O) groups excluding carboxylic acids is 1. The highest BCUT2D eigenvalue weighted by atomic mass is 79.9. The number of carboxylic acid groups (broad SMARTS) is 1. The van der Waals surface area contributed by atoms with Crippen molar-refractivity contribution in [1.82, 2.24) is 0 Å². The Morgan fingerprint density at radius 1 is 1.35 bits per heavy atom. The van der Waals surface area contributed by atoms with Crippen LogP contribution < -0.4 is 10.1 Å². The number of methoxy groups -OCH3 is 1. The van der Waals surface area contributed by atoms with Crippen molar-refractivity contribution in [2.24, 2.45) is 0 Å². The highest BCUT2D eigenvalue weighted by molar-refractivity contribution is 9.10. The zero-order chi connectivity index (χ0) is 13.4. The fourth-order valence-corrected chi connectivity index (χ4v) is 1.35. The van der Waals surface area contributed by atoms with Gasteiger partial charge in [-0.25, -0.2) is 0 Å². The van der Waals surface area contributed by atoms with E-state index in [1.165, 1.54) is 6.92 Å². The van der Waals surface area contributed by atoms with Crippen molar-refractivity contribution in [3.8, 4) is 5.75 Å². The molecule has 0 radical (unpaired) electrons. The first kappa shape index (κ1) is 15.4. The Bertz CT molecular complexity index is 402. The van der Waals surface area contributed by atoms with Gasteiger partial charge in [-0.05, 0) is 28.1 Å². The van der Waals surface area contributed by atoms with Gasteiger partial charge in [-0.2, -0.15) is 0 Å². The van der Waals surface area contributed by atoms with Crippen LogP contribution in [0.3, 0.4) is 0 Å². The van der Waals surface area contributed by atoms with E-state index in [9.17, 15) is 4.79 Å². The number of hydrogen-bond donors (Lipinski definition) is 2. The summed E-state index contributed by atoms with van der Waals surface area (Å²) >= 11 is 3.32. The predicted octanol–water partition coefficient (Wildman–Crippen LogP) is 2.51. The van der Waals surface area contributed by atoms with Crippen molar-refractivity contribution in [1.29, 1.82) is 0 Å². The molecule has 0 spiro atoms. The number of amides is 1. The van der Waals surface area contributed by atoms with Gasteiger partial charge in [-0.3, -0.25) is 9.59 Å². The van der Waals surface area contributed by atoms with Gasteiger partial charge in [0.25, 0.3) is 5.97 Å². The zero-order valence-corrected chi connectivity index (χ0v) is 11.4. The average molecular weight is 304 g/mol. The molecule has 0 aliphatic carbocycles. The van der Waals surface area contributed by atoms with Crippen LogP contribution in [0.4, 0.5) is 5.69 Å². The summed E-state index contributed by atoms with van der Waals surface area (Å²) in [7, 11) is 1.58. The molecule has 0 aliphatic heterocycles. The van der Waals surface area contributed by atoms with Gasteiger partial charge in [0.2, 0.25) is 5.91 Å². The van der Waals surface area contributed by atoms with E-state index in [2.05, 4.69) is 21.2 Å². The number of anilines is 1. The lowest BCUT2D eigenvalue weighted by molar-refractivity contribution is -0.134. The van der Waals surface area contributed by atoms with E-state index in [0.29, 0.717) is 5.75 Å². The van der Waals surface area contributed by atoms with E-state index in [0.717, 1.165) is 17.1 Å². The second-order valence-electron chi connectivity index (χ2n) is 3.05. The Labute approximate surface area is 108 Å². The summed E-state index contributed by atoms with van der Waals surface area (Å²) in [5.74, 6) is -0.226. The molecule has 0 heterocycles. The number of aliphatic carboxylic acids is 1. The summed E-state index contributed by atoms with van der Waals surface area (Å²) in [5, 5.41) is 10.1. The van der Waals surface area contributed by atoms with E-state index < -0.39 is 5.97 Å². The molecule has 0 bridgehead atoms. The maximum absolute atomic E-state index is 10.7. The van der Waals surface area contributed by atoms with Crippen molar-refractivity contribution in [2.75, 3.05) is 12.4 Å². The van der Waals surface area contributed by atoms with Crippen LogP contribution in [-0.4, -0.2) is 24.1 Å². The van der Waals surface area contributed by atoms with Crippen LogP contribution in [0.2, 0.25) is 0 Å². The second-order valence-corrected chi connectivity index (χ2v) is 3.90. The average Bonchev–Trinajstić information content (AvgIpc) is 2.19. The molecule has 1 aromatic rings. The minimum atomic E-state index is -0.833. The van der Waals surface area contributed by atoms with Gasteiger partial charge in [0, 0.05) is 25.6 Å². The molecule has 6 heteroatoms. The molecule has 5 nitrogen and oxygen atoms in total. The van der Waals surface area contributed by atoms with Crippen LogP contribution in [0.25, 0.3) is 0 Å². The third-order valence-electron chi connectivity index (χ3n) is 1.47. The third-order valence-corrected chi connectivity index (χ3v) is 2.13. The smallest absolute Gasteiger partial charge is 0.300 e. The second kappa shape index (κ2) is 7.67. The number of rotatable bonds is 2. The summed E-state index contributed by atoms with van der Waals surface area (Å²) in [5.41, 5.74) is 0.729. The van der Waals surface area contributed by atoms with Crippen LogP contribution in [0.5, 0.6) is 5.75 Å². The lowest BCUT2D eigenvalue weighted by Gasteiger charge is -2.06. The number of carbonyl (C=O) groups is 2. The lowest BCUT2D eigenvalue weighted by Crippen LogP contribution is -2.05. The van der Waals surface area contributed by atoms with Crippen molar-refractivity contribution in [3.05, 3.63) is 22.7 Å². The van der Waals surface area contributed by atoms with Gasteiger partial charge in [0.15, 0.2) is 0 Å². The Morgan fingerprint density at radius 3 is 2.29 bits per heavy atom. The number of carboxylic acids is 1. The Morgan fingerprint density at radius 2 is 1.88 bits per heavy atom. The van der Waals surface area contributed by atoms with Crippen molar-refractivity contribution < 1.29 is 19.4 Å². The maximum atomic E-state index is 10.7. The van der Waals surface area contributed by atoms with E-state index >= 15 is 0 Å². The topological polar surface area (TPSA) is 75.6 Å². The van der Waals surface area contributed by atoms with Crippen molar-refractivity contribution >= 4 is 33.5 Å². The van der Waals surface area contributed by atoms with Crippen LogP contribution in [0, 0.1) is 0 Å². The molecule has 0 saturated carbocycles. The Kier molecular flexibility index (Phi) is 6.97. The predicted molar refractivity (Wildman–Crippen MR) is 68.3 cm³/mol. The first-order chi connectivity index (χ1) is 7.86. The van der Waals surface area contributed by atoms with Gasteiger partial charge >= 0.3 is 0 Å². The molecule has 17 heavy (non-hydrogen) atoms. The molecule has 2 N–H and O–H groups in total. The first-order valence-electron chi connectivity index (χ1n) is 4.67. The van der Waals surface area contributed by atoms with Gasteiger partial charge < -0.3 is 15.2 Å². The summed E-state index contributed by atoms with van der Waals surface area (Å²) in [4.78, 5) is 19.7. The third kappa shape index (κ3) is 7.35. The minimum Gasteiger partial charge on any atom is -0.495 e. The van der Waals surface area contributed by atoms with E-state index in [-0.39, 0.29) is 5.91 Å². The molecule has 1 amide bonds. The van der Waals surface area contributed by atoms with Crippen molar-refractivity contribution in [2.45, 2.75) is 13.8 Å². The highest BCUT2D eigenvalue weighted by Gasteiger charge is 2.01. The molecule has 0 fully saturated rings. The Balaban J connectivity index is 0.000000557. The van der Waals surface area contributed by atoms with Crippen LogP contribution in [0.15, 0.2) is 22.7 Å². The summed E-state index contributed by atoms with van der Waals surface area (Å²) in [6.07, 6.45) is 0. The largest absolute Gasteiger partial charge is 0.495 e. The monoisotopic (exact) mass is 303 g/mol. The maximum Gasteiger partial charge on any atom is 0.300 e. The van der Waals surface area contributed by atoms with Crippen molar-refractivity contribution in [3.63, 3.8) is 0 Å². The molecule has 0 atom stereocenters. The van der Waals surface area contributed by atoms with Gasteiger partial charge in [0.05, 0.1) is 11.6 Å². The van der Waals surface area contributed by atoms with E-state index in [1.54, 1.807) is 19.2 Å². The molecular weight excluding hydrogens is 290 g/mol. The lowest BCUT2D eigenvalue weighted by atomic mass is 10.3.